The van der Waals surface area contributed by atoms with E-state index >= 15 is 0 Å². The third-order valence-corrected chi connectivity index (χ3v) is 3.38. The number of benzene rings is 1. The van der Waals surface area contributed by atoms with Crippen LogP contribution < -0.4 is 0 Å². The SMILES string of the molecule is O=C(O[C@@H]1CCOC1)c1ccc([N+](=O)[O-])cc1.O[C@@H]1CCOC1. The molecule has 0 spiro atoms. The van der Waals surface area contributed by atoms with Crippen LogP contribution in [0.1, 0.15) is 23.2 Å². The summed E-state index contributed by atoms with van der Waals surface area (Å²) in [6.07, 6.45) is 1.13. The van der Waals surface area contributed by atoms with E-state index < -0.39 is 10.9 Å². The van der Waals surface area contributed by atoms with Crippen LogP contribution in [0.5, 0.6) is 0 Å². The summed E-state index contributed by atoms with van der Waals surface area (Å²) in [6.45, 7) is 2.29. The number of rotatable bonds is 3. The van der Waals surface area contributed by atoms with Crippen molar-refractivity contribution in [2.45, 2.75) is 25.0 Å². The number of ether oxygens (including phenoxy) is 3. The Bertz CT molecular complexity index is 519. The van der Waals surface area contributed by atoms with E-state index in [9.17, 15) is 14.9 Å². The molecule has 3 rings (SSSR count). The van der Waals surface area contributed by atoms with E-state index in [1.807, 2.05) is 0 Å². The van der Waals surface area contributed by atoms with Crippen LogP contribution in [0.2, 0.25) is 0 Å². The van der Waals surface area contributed by atoms with Crippen molar-refractivity contribution in [3.8, 4) is 0 Å². The molecule has 1 aromatic carbocycles. The molecule has 2 atom stereocenters. The summed E-state index contributed by atoms with van der Waals surface area (Å²) in [5.41, 5.74) is 0.258. The number of carbonyl (C=O) groups excluding carboxylic acids is 1. The molecular weight excluding hydrogens is 306 g/mol. The monoisotopic (exact) mass is 325 g/mol. The number of nitro groups is 1. The summed E-state index contributed by atoms with van der Waals surface area (Å²) in [4.78, 5) is 21.6. The zero-order valence-corrected chi connectivity index (χ0v) is 12.6. The van der Waals surface area contributed by atoms with Crippen molar-refractivity contribution in [2.24, 2.45) is 0 Å². The lowest BCUT2D eigenvalue weighted by Gasteiger charge is -2.09. The molecule has 23 heavy (non-hydrogen) atoms. The molecule has 126 valence electrons. The molecule has 8 heteroatoms. The molecule has 2 aliphatic rings. The Morgan fingerprint density at radius 3 is 2.26 bits per heavy atom. The molecule has 1 aromatic rings. The van der Waals surface area contributed by atoms with Crippen molar-refractivity contribution in [3.05, 3.63) is 39.9 Å². The van der Waals surface area contributed by atoms with Gasteiger partial charge in [0.05, 0.1) is 36.4 Å². The minimum absolute atomic E-state index is 0.0502. The second-order valence-electron chi connectivity index (χ2n) is 5.21. The van der Waals surface area contributed by atoms with Crippen LogP contribution in [0, 0.1) is 10.1 Å². The molecule has 0 unspecified atom stereocenters. The maximum absolute atomic E-state index is 11.6. The lowest BCUT2D eigenvalue weighted by molar-refractivity contribution is -0.384. The summed E-state index contributed by atoms with van der Waals surface area (Å²) in [5, 5.41) is 19.0. The summed E-state index contributed by atoms with van der Waals surface area (Å²) in [6, 6.07) is 5.33. The van der Waals surface area contributed by atoms with Gasteiger partial charge in [-0.1, -0.05) is 0 Å². The highest BCUT2D eigenvalue weighted by atomic mass is 16.6. The van der Waals surface area contributed by atoms with Crippen molar-refractivity contribution in [1.29, 1.82) is 0 Å². The highest BCUT2D eigenvalue weighted by Crippen LogP contribution is 2.15. The summed E-state index contributed by atoms with van der Waals surface area (Å²) in [5.74, 6) is -0.476. The first-order chi connectivity index (χ1) is 11.1. The van der Waals surface area contributed by atoms with E-state index in [1.165, 1.54) is 24.3 Å². The van der Waals surface area contributed by atoms with Gasteiger partial charge >= 0.3 is 5.97 Å². The molecular formula is C15H19NO7. The zero-order valence-electron chi connectivity index (χ0n) is 12.6. The van der Waals surface area contributed by atoms with Gasteiger partial charge in [0.1, 0.15) is 6.10 Å². The Morgan fingerprint density at radius 1 is 1.17 bits per heavy atom. The summed E-state index contributed by atoms with van der Waals surface area (Å²) < 4.78 is 15.0. The summed E-state index contributed by atoms with van der Waals surface area (Å²) >= 11 is 0. The molecule has 1 N–H and O–H groups in total. The fourth-order valence-corrected chi connectivity index (χ4v) is 2.07. The van der Waals surface area contributed by atoms with Crippen LogP contribution in [0.3, 0.4) is 0 Å². The Balaban J connectivity index is 0.000000268. The number of esters is 1. The van der Waals surface area contributed by atoms with Gasteiger partial charge in [-0.05, 0) is 18.6 Å². The lowest BCUT2D eigenvalue weighted by Crippen LogP contribution is -2.18. The average molecular weight is 325 g/mol. The first-order valence-corrected chi connectivity index (χ1v) is 7.35. The second-order valence-corrected chi connectivity index (χ2v) is 5.21. The fraction of sp³-hybridized carbons (Fsp3) is 0.533. The molecule has 0 saturated carbocycles. The molecule has 0 radical (unpaired) electrons. The van der Waals surface area contributed by atoms with Gasteiger partial charge in [-0.25, -0.2) is 4.79 Å². The third-order valence-electron chi connectivity index (χ3n) is 3.38. The molecule has 0 aliphatic carbocycles. The number of hydrogen-bond acceptors (Lipinski definition) is 7. The van der Waals surface area contributed by atoms with Gasteiger partial charge in [0.2, 0.25) is 0 Å². The standard InChI is InChI=1S/C11H11NO5.C4H8O2/c13-11(17-10-5-6-16-7-10)8-1-3-9(4-2-8)12(14)15;5-4-1-2-6-3-4/h1-4,10H,5-7H2;4-5H,1-3H2/t10-;4-/m11/s1. The Hall–Kier alpha value is -2.03. The Morgan fingerprint density at radius 2 is 1.83 bits per heavy atom. The molecule has 2 fully saturated rings. The maximum atomic E-state index is 11.6. The molecule has 2 saturated heterocycles. The van der Waals surface area contributed by atoms with E-state index in [-0.39, 0.29) is 17.9 Å². The van der Waals surface area contributed by atoms with Gasteiger partial charge in [-0.2, -0.15) is 0 Å². The number of carbonyl (C=O) groups is 1. The molecule has 2 aliphatic heterocycles. The Kier molecular flexibility index (Phi) is 6.45. The van der Waals surface area contributed by atoms with Gasteiger partial charge in [0, 0.05) is 25.2 Å². The fourth-order valence-electron chi connectivity index (χ4n) is 2.07. The number of non-ortho nitro benzene ring substituents is 1. The van der Waals surface area contributed by atoms with Crippen molar-refractivity contribution < 1.29 is 29.0 Å². The summed E-state index contributed by atoms with van der Waals surface area (Å²) in [7, 11) is 0. The quantitative estimate of drug-likeness (QED) is 0.507. The topological polar surface area (TPSA) is 108 Å². The van der Waals surface area contributed by atoms with Crippen LogP contribution in [-0.4, -0.2) is 54.6 Å². The highest BCUT2D eigenvalue weighted by molar-refractivity contribution is 5.89. The van der Waals surface area contributed by atoms with E-state index in [0.717, 1.165) is 13.0 Å². The molecule has 0 amide bonds. The number of hydrogen-bond donors (Lipinski definition) is 1. The van der Waals surface area contributed by atoms with Crippen molar-refractivity contribution in [1.82, 2.24) is 0 Å². The van der Waals surface area contributed by atoms with Crippen molar-refractivity contribution >= 4 is 11.7 Å². The van der Waals surface area contributed by atoms with Gasteiger partial charge in [0.15, 0.2) is 0 Å². The predicted molar refractivity (Wildman–Crippen MR) is 79.2 cm³/mol. The van der Waals surface area contributed by atoms with E-state index in [2.05, 4.69) is 0 Å². The molecule has 2 heterocycles. The number of aliphatic hydroxyl groups excluding tert-OH is 1. The maximum Gasteiger partial charge on any atom is 0.338 e. The Labute approximate surface area is 133 Å². The number of aliphatic hydroxyl groups is 1. The average Bonchev–Trinajstić information content (AvgIpc) is 3.22. The minimum Gasteiger partial charge on any atom is -0.456 e. The number of nitrogens with zero attached hydrogens (tertiary/aromatic N) is 1. The first kappa shape index (κ1) is 17.3. The van der Waals surface area contributed by atoms with Gasteiger partial charge < -0.3 is 19.3 Å². The third kappa shape index (κ3) is 5.59. The predicted octanol–water partition coefficient (Wildman–Crippen LogP) is 1.31. The minimum atomic E-state index is -0.514. The van der Waals surface area contributed by atoms with Crippen LogP contribution in [0.25, 0.3) is 0 Å². The smallest absolute Gasteiger partial charge is 0.338 e. The normalized spacial score (nSPS) is 23.0. The van der Waals surface area contributed by atoms with Gasteiger partial charge in [-0.3, -0.25) is 10.1 Å². The van der Waals surface area contributed by atoms with E-state index in [0.29, 0.717) is 31.8 Å². The van der Waals surface area contributed by atoms with Crippen molar-refractivity contribution in [2.75, 3.05) is 26.4 Å². The largest absolute Gasteiger partial charge is 0.456 e. The molecule has 0 aromatic heterocycles. The van der Waals surface area contributed by atoms with Crippen LogP contribution in [0.15, 0.2) is 24.3 Å². The molecule has 0 bridgehead atoms. The second kappa shape index (κ2) is 8.56. The van der Waals surface area contributed by atoms with Crippen LogP contribution in [0.4, 0.5) is 5.69 Å². The first-order valence-electron chi connectivity index (χ1n) is 7.35. The van der Waals surface area contributed by atoms with Crippen molar-refractivity contribution in [3.63, 3.8) is 0 Å². The zero-order chi connectivity index (χ0) is 16.7. The number of nitro benzene ring substituents is 1. The van der Waals surface area contributed by atoms with Crippen LogP contribution >= 0.6 is 0 Å². The highest BCUT2D eigenvalue weighted by Gasteiger charge is 2.21. The molecule has 8 nitrogen and oxygen atoms in total. The van der Waals surface area contributed by atoms with Gasteiger partial charge in [0.25, 0.3) is 5.69 Å². The van der Waals surface area contributed by atoms with Gasteiger partial charge in [-0.15, -0.1) is 0 Å². The van der Waals surface area contributed by atoms with E-state index in [1.54, 1.807) is 0 Å². The lowest BCUT2D eigenvalue weighted by atomic mass is 10.2. The van der Waals surface area contributed by atoms with E-state index in [4.69, 9.17) is 19.3 Å². The van der Waals surface area contributed by atoms with Crippen LogP contribution in [-0.2, 0) is 14.2 Å².